The van der Waals surface area contributed by atoms with E-state index in [2.05, 4.69) is 16.1 Å². The molecule has 3 atom stereocenters. The molecule has 1 aliphatic rings. The molecule has 5 nitrogen and oxygen atoms in total. The Morgan fingerprint density at radius 2 is 1.75 bits per heavy atom. The van der Waals surface area contributed by atoms with E-state index in [-0.39, 0.29) is 12.0 Å². The SMILES string of the molecule is C#CC(C)(C)CC(C)(CCC)C(C(=O)O)C(O)CCc1ccc(C2(C(F)(F)F)N=N2)cc1. The van der Waals surface area contributed by atoms with Crippen LogP contribution in [0.4, 0.5) is 13.2 Å². The predicted octanol–water partition coefficient (Wildman–Crippen LogP) is 5.72. The molecule has 0 spiro atoms. The second-order valence-corrected chi connectivity index (χ2v) is 9.60. The van der Waals surface area contributed by atoms with Crippen LogP contribution >= 0.6 is 0 Å². The molecule has 0 fully saturated rings. The van der Waals surface area contributed by atoms with Gasteiger partial charge in [-0.2, -0.15) is 13.2 Å². The van der Waals surface area contributed by atoms with Gasteiger partial charge in [0.1, 0.15) is 0 Å². The highest BCUT2D eigenvalue weighted by atomic mass is 19.4. The normalized spacial score (nSPS) is 19.0. The zero-order valence-corrected chi connectivity index (χ0v) is 18.9. The van der Waals surface area contributed by atoms with Crippen molar-refractivity contribution in [3.8, 4) is 12.3 Å². The van der Waals surface area contributed by atoms with Crippen molar-refractivity contribution in [3.63, 3.8) is 0 Å². The summed E-state index contributed by atoms with van der Waals surface area (Å²) in [5.74, 6) is 0.605. The number of aliphatic carboxylic acids is 1. The first kappa shape index (κ1) is 25.9. The lowest BCUT2D eigenvalue weighted by molar-refractivity contribution is -0.166. The summed E-state index contributed by atoms with van der Waals surface area (Å²) in [5.41, 5.74) is -3.08. The van der Waals surface area contributed by atoms with Gasteiger partial charge in [0.2, 0.25) is 0 Å². The number of halogens is 3. The molecule has 1 heterocycles. The van der Waals surface area contributed by atoms with Crippen molar-refractivity contribution in [3.05, 3.63) is 35.4 Å². The number of benzene rings is 1. The lowest BCUT2D eigenvalue weighted by Gasteiger charge is -2.41. The number of carbonyl (C=O) groups is 1. The van der Waals surface area contributed by atoms with Gasteiger partial charge in [-0.15, -0.1) is 22.6 Å². The van der Waals surface area contributed by atoms with Gasteiger partial charge in [0.25, 0.3) is 0 Å². The number of alkyl halides is 3. The Hall–Kier alpha value is -2.40. The zero-order valence-electron chi connectivity index (χ0n) is 18.9. The van der Waals surface area contributed by atoms with E-state index in [0.717, 1.165) is 6.42 Å². The second-order valence-electron chi connectivity index (χ2n) is 9.60. The summed E-state index contributed by atoms with van der Waals surface area (Å²) in [6.45, 7) is 7.56. The van der Waals surface area contributed by atoms with Crippen LogP contribution in [0.25, 0.3) is 0 Å². The summed E-state index contributed by atoms with van der Waals surface area (Å²) in [7, 11) is 0. The first-order chi connectivity index (χ1) is 14.7. The number of hydrogen-bond donors (Lipinski definition) is 2. The largest absolute Gasteiger partial charge is 0.481 e. The molecule has 1 aromatic carbocycles. The maximum atomic E-state index is 13.1. The Balaban J connectivity index is 2.14. The fraction of sp³-hybridized carbons (Fsp3) is 0.625. The molecule has 0 saturated heterocycles. The quantitative estimate of drug-likeness (QED) is 0.422. The number of aliphatic hydroxyl groups excluding tert-OH is 1. The first-order valence-electron chi connectivity index (χ1n) is 10.7. The fourth-order valence-electron chi connectivity index (χ4n) is 4.74. The number of rotatable bonds is 11. The number of nitrogens with zero attached hydrogens (tertiary/aromatic N) is 2. The number of carboxylic acid groups (broad SMARTS) is 1. The van der Waals surface area contributed by atoms with Crippen LogP contribution in [0.3, 0.4) is 0 Å². The molecule has 0 radical (unpaired) electrons. The molecule has 1 aliphatic heterocycles. The lowest BCUT2D eigenvalue weighted by atomic mass is 9.63. The molecule has 0 amide bonds. The summed E-state index contributed by atoms with van der Waals surface area (Å²) in [4.78, 5) is 12.2. The van der Waals surface area contributed by atoms with Gasteiger partial charge < -0.3 is 10.2 Å². The van der Waals surface area contributed by atoms with Crippen LogP contribution in [0.15, 0.2) is 34.5 Å². The van der Waals surface area contributed by atoms with E-state index in [1.54, 1.807) is 0 Å². The summed E-state index contributed by atoms with van der Waals surface area (Å²) >= 11 is 0. The highest BCUT2D eigenvalue weighted by Gasteiger charge is 2.65. The van der Waals surface area contributed by atoms with Crippen LogP contribution in [0.5, 0.6) is 0 Å². The van der Waals surface area contributed by atoms with Crippen molar-refractivity contribution in [1.82, 2.24) is 0 Å². The molecule has 0 aromatic heterocycles. The molecular formula is C24H31F3N2O3. The number of aliphatic hydroxyl groups is 1. The Kier molecular flexibility index (Phi) is 7.45. The van der Waals surface area contributed by atoms with Gasteiger partial charge in [0, 0.05) is 11.0 Å². The molecule has 2 N–H and O–H groups in total. The number of terminal acetylenes is 1. The zero-order chi connectivity index (χ0) is 24.4. The molecule has 0 aliphatic carbocycles. The average Bonchev–Trinajstić information content (AvgIpc) is 3.48. The molecule has 0 bridgehead atoms. The van der Waals surface area contributed by atoms with E-state index in [0.29, 0.717) is 24.8 Å². The highest BCUT2D eigenvalue weighted by Crippen LogP contribution is 2.52. The van der Waals surface area contributed by atoms with Gasteiger partial charge in [-0.05, 0) is 50.5 Å². The third kappa shape index (κ3) is 5.50. The van der Waals surface area contributed by atoms with Crippen LogP contribution < -0.4 is 0 Å². The van der Waals surface area contributed by atoms with E-state index in [1.807, 2.05) is 27.7 Å². The summed E-state index contributed by atoms with van der Waals surface area (Å²) in [5, 5.41) is 27.2. The van der Waals surface area contributed by atoms with E-state index in [4.69, 9.17) is 6.42 Å². The minimum absolute atomic E-state index is 0.0650. The smallest absolute Gasteiger partial charge is 0.442 e. The molecule has 2 rings (SSSR count). The van der Waals surface area contributed by atoms with Crippen molar-refractivity contribution >= 4 is 5.97 Å². The van der Waals surface area contributed by atoms with E-state index in [9.17, 15) is 28.2 Å². The van der Waals surface area contributed by atoms with Gasteiger partial charge in [-0.3, -0.25) is 4.79 Å². The lowest BCUT2D eigenvalue weighted by Crippen LogP contribution is -2.44. The molecule has 0 saturated carbocycles. The molecule has 3 unspecified atom stereocenters. The predicted molar refractivity (Wildman–Crippen MR) is 115 cm³/mol. The molecular weight excluding hydrogens is 421 g/mol. The second kappa shape index (κ2) is 9.22. The fourth-order valence-corrected chi connectivity index (χ4v) is 4.74. The van der Waals surface area contributed by atoms with Crippen molar-refractivity contribution in [2.24, 2.45) is 27.0 Å². The van der Waals surface area contributed by atoms with E-state index in [1.165, 1.54) is 24.3 Å². The van der Waals surface area contributed by atoms with Crippen LogP contribution in [0.1, 0.15) is 64.5 Å². The Labute approximate surface area is 187 Å². The maximum Gasteiger partial charge on any atom is 0.442 e. The third-order valence-electron chi connectivity index (χ3n) is 6.24. The summed E-state index contributed by atoms with van der Waals surface area (Å²) < 4.78 is 39.4. The Morgan fingerprint density at radius 1 is 1.19 bits per heavy atom. The highest BCUT2D eigenvalue weighted by molar-refractivity contribution is 5.71. The number of hydrogen-bond acceptors (Lipinski definition) is 4. The third-order valence-corrected chi connectivity index (χ3v) is 6.24. The van der Waals surface area contributed by atoms with Crippen molar-refractivity contribution in [2.75, 3.05) is 0 Å². The minimum atomic E-state index is -4.59. The maximum absolute atomic E-state index is 13.1. The number of carboxylic acids is 1. The topological polar surface area (TPSA) is 82.2 Å². The molecule has 32 heavy (non-hydrogen) atoms. The Morgan fingerprint density at radius 3 is 2.16 bits per heavy atom. The standard InChI is InChI=1S/C24H31F3N2O3/c1-6-14-22(5,15-21(3,4)7-2)19(20(31)32)18(30)13-10-16-8-11-17(12-9-16)23(28-29-23)24(25,26)27/h2,8-9,11-12,18-19,30H,6,10,13-15H2,1,3-5H3,(H,31,32). The summed E-state index contributed by atoms with van der Waals surface area (Å²) in [6.07, 6.45) is 2.16. The molecule has 8 heteroatoms. The van der Waals surface area contributed by atoms with Crippen molar-refractivity contribution in [1.29, 1.82) is 0 Å². The summed E-state index contributed by atoms with van der Waals surface area (Å²) in [6, 6.07) is 5.70. The van der Waals surface area contributed by atoms with Crippen LogP contribution in [-0.2, 0) is 16.9 Å². The molecule has 176 valence electrons. The van der Waals surface area contributed by atoms with Gasteiger partial charge in [-0.25, -0.2) is 0 Å². The van der Waals surface area contributed by atoms with Gasteiger partial charge in [-0.1, -0.05) is 44.5 Å². The minimum Gasteiger partial charge on any atom is -0.481 e. The van der Waals surface area contributed by atoms with Gasteiger partial charge in [0.05, 0.1) is 12.0 Å². The average molecular weight is 453 g/mol. The van der Waals surface area contributed by atoms with E-state index < -0.39 is 40.7 Å². The molecule has 1 aromatic rings. The van der Waals surface area contributed by atoms with Crippen molar-refractivity contribution in [2.45, 2.75) is 77.7 Å². The van der Waals surface area contributed by atoms with Crippen LogP contribution in [-0.4, -0.2) is 28.5 Å². The Bertz CT molecular complexity index is 881. The van der Waals surface area contributed by atoms with Gasteiger partial charge >= 0.3 is 17.8 Å². The first-order valence-corrected chi connectivity index (χ1v) is 10.7. The van der Waals surface area contributed by atoms with E-state index >= 15 is 0 Å². The monoisotopic (exact) mass is 452 g/mol. The number of aryl methyl sites for hydroxylation is 1. The van der Waals surface area contributed by atoms with Crippen LogP contribution in [0, 0.1) is 29.1 Å². The van der Waals surface area contributed by atoms with Crippen LogP contribution in [0.2, 0.25) is 0 Å². The van der Waals surface area contributed by atoms with Crippen molar-refractivity contribution < 1.29 is 28.2 Å². The van der Waals surface area contributed by atoms with Gasteiger partial charge in [0.15, 0.2) is 0 Å².